The first-order chi connectivity index (χ1) is 9.85. The van der Waals surface area contributed by atoms with Crippen LogP contribution >= 0.6 is 11.8 Å². The van der Waals surface area contributed by atoms with Crippen LogP contribution in [-0.4, -0.2) is 41.7 Å². The highest BCUT2D eigenvalue weighted by molar-refractivity contribution is 7.99. The van der Waals surface area contributed by atoms with Crippen molar-refractivity contribution in [3.63, 3.8) is 0 Å². The summed E-state index contributed by atoms with van der Waals surface area (Å²) in [4.78, 5) is 8.56. The summed E-state index contributed by atoms with van der Waals surface area (Å²) in [5.41, 5.74) is 0. The summed E-state index contributed by atoms with van der Waals surface area (Å²) in [6.07, 6.45) is 5.20. The van der Waals surface area contributed by atoms with Crippen LogP contribution in [0.4, 0.5) is 11.6 Å². The fourth-order valence-corrected chi connectivity index (χ4v) is 3.46. The molecule has 0 aliphatic carbocycles. The summed E-state index contributed by atoms with van der Waals surface area (Å²) in [7, 11) is 1.66. The maximum absolute atomic E-state index is 5.46. The second-order valence-corrected chi connectivity index (χ2v) is 6.19. The Hall–Kier alpha value is -1.17. The number of ether oxygens (including phenoxy) is 1. The van der Waals surface area contributed by atoms with Gasteiger partial charge in [0.1, 0.15) is 6.33 Å². The molecule has 20 heavy (non-hydrogen) atoms. The van der Waals surface area contributed by atoms with Gasteiger partial charge in [0, 0.05) is 13.1 Å². The van der Waals surface area contributed by atoms with Crippen molar-refractivity contribution < 1.29 is 4.74 Å². The summed E-state index contributed by atoms with van der Waals surface area (Å²) >= 11 is 2.05. The molecule has 5 nitrogen and oxygen atoms in total. The lowest BCUT2D eigenvalue weighted by molar-refractivity contribution is 0.413. The molecule has 2 heterocycles. The molecule has 112 valence electrons. The van der Waals surface area contributed by atoms with Gasteiger partial charge in [-0.25, -0.2) is 9.97 Å². The summed E-state index contributed by atoms with van der Waals surface area (Å²) in [5, 5.41) is 6.70. The number of aromatic nitrogens is 2. The Morgan fingerprint density at radius 1 is 1.25 bits per heavy atom. The zero-order valence-corrected chi connectivity index (χ0v) is 13.1. The van der Waals surface area contributed by atoms with E-state index in [-0.39, 0.29) is 0 Å². The average Bonchev–Trinajstić information content (AvgIpc) is 2.51. The van der Waals surface area contributed by atoms with Gasteiger partial charge in [0.15, 0.2) is 11.6 Å². The van der Waals surface area contributed by atoms with E-state index >= 15 is 0 Å². The Labute approximate surface area is 125 Å². The highest BCUT2D eigenvalue weighted by atomic mass is 32.2. The van der Waals surface area contributed by atoms with E-state index in [2.05, 4.69) is 39.3 Å². The van der Waals surface area contributed by atoms with Crippen molar-refractivity contribution in [3.05, 3.63) is 6.33 Å². The van der Waals surface area contributed by atoms with E-state index < -0.39 is 0 Å². The standard InChI is InChI=1S/C14H24N4OS/c1-3-6-15-13-12(19-2)14(18-10-17-13)16-9-11-4-7-20-8-5-11/h10-11H,3-9H2,1-2H3,(H2,15,16,17,18). The maximum atomic E-state index is 5.46. The highest BCUT2D eigenvalue weighted by Crippen LogP contribution is 2.30. The van der Waals surface area contributed by atoms with Crippen LogP contribution in [0.15, 0.2) is 6.33 Å². The Morgan fingerprint density at radius 3 is 2.60 bits per heavy atom. The lowest BCUT2D eigenvalue weighted by atomic mass is 10.0. The molecule has 1 aromatic heterocycles. The summed E-state index contributed by atoms with van der Waals surface area (Å²) < 4.78 is 5.46. The van der Waals surface area contributed by atoms with Gasteiger partial charge in [-0.2, -0.15) is 11.8 Å². The Balaban J connectivity index is 1.98. The lowest BCUT2D eigenvalue weighted by Gasteiger charge is -2.22. The summed E-state index contributed by atoms with van der Waals surface area (Å²) in [6.45, 7) is 3.97. The number of nitrogens with zero attached hydrogens (tertiary/aromatic N) is 2. The second-order valence-electron chi connectivity index (χ2n) is 4.97. The van der Waals surface area contributed by atoms with Gasteiger partial charge in [-0.3, -0.25) is 0 Å². The Morgan fingerprint density at radius 2 is 1.95 bits per heavy atom. The molecule has 1 fully saturated rings. The van der Waals surface area contributed by atoms with Gasteiger partial charge in [0.2, 0.25) is 5.75 Å². The molecule has 2 rings (SSSR count). The van der Waals surface area contributed by atoms with Crippen LogP contribution < -0.4 is 15.4 Å². The molecule has 2 N–H and O–H groups in total. The number of hydrogen-bond acceptors (Lipinski definition) is 6. The number of nitrogens with one attached hydrogen (secondary N) is 2. The molecule has 0 atom stereocenters. The molecule has 0 spiro atoms. The fraction of sp³-hybridized carbons (Fsp3) is 0.714. The first-order valence-corrected chi connectivity index (χ1v) is 8.45. The Kier molecular flexibility index (Phi) is 6.24. The number of thioether (sulfide) groups is 1. The van der Waals surface area contributed by atoms with Gasteiger partial charge in [0.05, 0.1) is 7.11 Å². The van der Waals surface area contributed by atoms with Gasteiger partial charge in [0.25, 0.3) is 0 Å². The maximum Gasteiger partial charge on any atom is 0.204 e. The van der Waals surface area contributed by atoms with Crippen LogP contribution in [0.1, 0.15) is 26.2 Å². The molecular formula is C14H24N4OS. The smallest absolute Gasteiger partial charge is 0.204 e. The molecule has 0 radical (unpaired) electrons. The molecule has 0 saturated carbocycles. The zero-order chi connectivity index (χ0) is 14.2. The third kappa shape index (κ3) is 4.16. The minimum absolute atomic E-state index is 0.714. The van der Waals surface area contributed by atoms with Gasteiger partial charge < -0.3 is 15.4 Å². The predicted molar refractivity (Wildman–Crippen MR) is 85.9 cm³/mol. The van der Waals surface area contributed by atoms with E-state index in [0.29, 0.717) is 5.75 Å². The average molecular weight is 296 g/mol. The largest absolute Gasteiger partial charge is 0.490 e. The van der Waals surface area contributed by atoms with E-state index in [1.165, 1.54) is 24.3 Å². The van der Waals surface area contributed by atoms with Crippen molar-refractivity contribution in [3.8, 4) is 5.75 Å². The zero-order valence-electron chi connectivity index (χ0n) is 12.3. The molecule has 1 aromatic rings. The van der Waals surface area contributed by atoms with E-state index in [0.717, 1.165) is 37.1 Å². The third-order valence-electron chi connectivity index (χ3n) is 3.45. The number of hydrogen-bond donors (Lipinski definition) is 2. The molecular weight excluding hydrogens is 272 g/mol. The van der Waals surface area contributed by atoms with Gasteiger partial charge >= 0.3 is 0 Å². The first-order valence-electron chi connectivity index (χ1n) is 7.29. The first kappa shape index (κ1) is 15.2. The molecule has 0 amide bonds. The molecule has 1 aliphatic rings. The van der Waals surface area contributed by atoms with E-state index in [9.17, 15) is 0 Å². The third-order valence-corrected chi connectivity index (χ3v) is 4.50. The number of methoxy groups -OCH3 is 1. The normalized spacial score (nSPS) is 15.9. The van der Waals surface area contributed by atoms with Gasteiger partial charge in [-0.15, -0.1) is 0 Å². The van der Waals surface area contributed by atoms with Crippen LogP contribution in [0.25, 0.3) is 0 Å². The van der Waals surface area contributed by atoms with Crippen molar-refractivity contribution in [1.82, 2.24) is 9.97 Å². The van der Waals surface area contributed by atoms with E-state index in [1.807, 2.05) is 0 Å². The molecule has 6 heteroatoms. The SMILES string of the molecule is CCCNc1ncnc(NCC2CCSCC2)c1OC. The molecule has 0 bridgehead atoms. The number of rotatable bonds is 7. The second kappa shape index (κ2) is 8.19. The monoisotopic (exact) mass is 296 g/mol. The molecule has 0 unspecified atom stereocenters. The predicted octanol–water partition coefficient (Wildman–Crippen LogP) is 2.86. The summed E-state index contributed by atoms with van der Waals surface area (Å²) in [5.74, 6) is 5.56. The van der Waals surface area contributed by atoms with Gasteiger partial charge in [-0.05, 0) is 36.7 Å². The summed E-state index contributed by atoms with van der Waals surface area (Å²) in [6, 6.07) is 0. The Bertz CT molecular complexity index is 410. The molecule has 1 saturated heterocycles. The topological polar surface area (TPSA) is 59.1 Å². The van der Waals surface area contributed by atoms with Crippen molar-refractivity contribution in [1.29, 1.82) is 0 Å². The fourth-order valence-electron chi connectivity index (χ4n) is 2.25. The highest BCUT2D eigenvalue weighted by Gasteiger charge is 2.16. The quantitative estimate of drug-likeness (QED) is 0.807. The van der Waals surface area contributed by atoms with Crippen molar-refractivity contribution >= 4 is 23.4 Å². The van der Waals surface area contributed by atoms with Crippen molar-refractivity contribution in [2.24, 2.45) is 5.92 Å². The van der Waals surface area contributed by atoms with Crippen LogP contribution in [-0.2, 0) is 0 Å². The van der Waals surface area contributed by atoms with Crippen LogP contribution in [0.5, 0.6) is 5.75 Å². The number of anilines is 2. The van der Waals surface area contributed by atoms with Crippen molar-refractivity contribution in [2.75, 3.05) is 42.3 Å². The van der Waals surface area contributed by atoms with E-state index in [4.69, 9.17) is 4.74 Å². The lowest BCUT2D eigenvalue weighted by Crippen LogP contribution is -2.20. The molecule has 0 aromatic carbocycles. The van der Waals surface area contributed by atoms with Crippen LogP contribution in [0.2, 0.25) is 0 Å². The van der Waals surface area contributed by atoms with Crippen molar-refractivity contribution in [2.45, 2.75) is 26.2 Å². The van der Waals surface area contributed by atoms with Crippen LogP contribution in [0.3, 0.4) is 0 Å². The van der Waals surface area contributed by atoms with Crippen LogP contribution in [0, 0.1) is 5.92 Å². The van der Waals surface area contributed by atoms with E-state index in [1.54, 1.807) is 13.4 Å². The van der Waals surface area contributed by atoms with Gasteiger partial charge in [-0.1, -0.05) is 6.92 Å². The minimum atomic E-state index is 0.714. The molecule has 1 aliphatic heterocycles. The minimum Gasteiger partial charge on any atom is -0.490 e.